The highest BCUT2D eigenvalue weighted by Gasteiger charge is 2.26. The van der Waals surface area contributed by atoms with Crippen LogP contribution in [0.3, 0.4) is 0 Å². The molecule has 5 heteroatoms. The number of benzene rings is 1. The SMILES string of the molecule is CCC[C@H](c1c(F)cccc1OC)N1CCNCC1.Cl. The van der Waals surface area contributed by atoms with Gasteiger partial charge in [-0.1, -0.05) is 19.4 Å². The third-order valence-electron chi connectivity index (χ3n) is 3.72. The van der Waals surface area contributed by atoms with Crippen LogP contribution in [0.2, 0.25) is 0 Å². The molecule has 114 valence electrons. The second-order valence-corrected chi connectivity index (χ2v) is 4.95. The first-order valence-electron chi connectivity index (χ1n) is 7.05. The molecule has 1 heterocycles. The van der Waals surface area contributed by atoms with Crippen LogP contribution in [-0.2, 0) is 0 Å². The molecular formula is C15H24ClFN2O. The zero-order valence-electron chi connectivity index (χ0n) is 12.2. The highest BCUT2D eigenvalue weighted by Crippen LogP contribution is 2.34. The van der Waals surface area contributed by atoms with Gasteiger partial charge in [0.25, 0.3) is 0 Å². The molecule has 20 heavy (non-hydrogen) atoms. The van der Waals surface area contributed by atoms with Crippen molar-refractivity contribution in [3.63, 3.8) is 0 Å². The topological polar surface area (TPSA) is 24.5 Å². The van der Waals surface area contributed by atoms with Crippen LogP contribution in [0.25, 0.3) is 0 Å². The van der Waals surface area contributed by atoms with Gasteiger partial charge in [-0.15, -0.1) is 12.4 Å². The van der Waals surface area contributed by atoms with E-state index in [4.69, 9.17) is 4.74 Å². The van der Waals surface area contributed by atoms with Crippen molar-refractivity contribution in [2.24, 2.45) is 0 Å². The largest absolute Gasteiger partial charge is 0.496 e. The minimum Gasteiger partial charge on any atom is -0.496 e. The molecule has 0 saturated carbocycles. The first-order valence-corrected chi connectivity index (χ1v) is 7.05. The molecule has 0 aromatic heterocycles. The van der Waals surface area contributed by atoms with Crippen molar-refractivity contribution in [1.82, 2.24) is 10.2 Å². The Hall–Kier alpha value is -0.840. The van der Waals surface area contributed by atoms with E-state index in [9.17, 15) is 4.39 Å². The zero-order chi connectivity index (χ0) is 13.7. The van der Waals surface area contributed by atoms with E-state index in [1.807, 2.05) is 6.07 Å². The molecule has 1 N–H and O–H groups in total. The predicted molar refractivity (Wildman–Crippen MR) is 82.3 cm³/mol. The number of hydrogen-bond donors (Lipinski definition) is 1. The Kier molecular flexibility index (Phi) is 7.27. The fourth-order valence-electron chi connectivity index (χ4n) is 2.80. The average molecular weight is 303 g/mol. The van der Waals surface area contributed by atoms with Gasteiger partial charge in [0.05, 0.1) is 7.11 Å². The maximum atomic E-state index is 14.2. The fraction of sp³-hybridized carbons (Fsp3) is 0.600. The van der Waals surface area contributed by atoms with Gasteiger partial charge >= 0.3 is 0 Å². The van der Waals surface area contributed by atoms with Gasteiger partial charge in [-0.2, -0.15) is 0 Å². The molecule has 0 aliphatic carbocycles. The zero-order valence-corrected chi connectivity index (χ0v) is 13.0. The molecule has 0 amide bonds. The molecule has 1 aliphatic heterocycles. The first-order chi connectivity index (χ1) is 9.27. The second-order valence-electron chi connectivity index (χ2n) is 4.95. The molecule has 0 bridgehead atoms. The van der Waals surface area contributed by atoms with E-state index < -0.39 is 0 Å². The summed E-state index contributed by atoms with van der Waals surface area (Å²) in [6.07, 6.45) is 1.99. The lowest BCUT2D eigenvalue weighted by molar-refractivity contribution is 0.158. The lowest BCUT2D eigenvalue weighted by atomic mass is 9.98. The smallest absolute Gasteiger partial charge is 0.131 e. The molecule has 1 fully saturated rings. The van der Waals surface area contributed by atoms with Gasteiger partial charge in [-0.05, 0) is 18.6 Å². The summed E-state index contributed by atoms with van der Waals surface area (Å²) in [5.74, 6) is 0.508. The maximum absolute atomic E-state index is 14.2. The normalized spacial score (nSPS) is 17.4. The van der Waals surface area contributed by atoms with Crippen molar-refractivity contribution in [1.29, 1.82) is 0 Å². The van der Waals surface area contributed by atoms with Gasteiger partial charge in [-0.3, -0.25) is 4.90 Å². The van der Waals surface area contributed by atoms with E-state index in [0.29, 0.717) is 11.3 Å². The number of ether oxygens (including phenoxy) is 1. The number of nitrogens with one attached hydrogen (secondary N) is 1. The Morgan fingerprint density at radius 3 is 2.65 bits per heavy atom. The van der Waals surface area contributed by atoms with Crippen LogP contribution in [-0.4, -0.2) is 38.2 Å². The lowest BCUT2D eigenvalue weighted by Gasteiger charge is -2.35. The standard InChI is InChI=1S/C15H23FN2O.ClH/c1-3-5-13(18-10-8-17-9-11-18)15-12(16)6-4-7-14(15)19-2;/h4,6-7,13,17H,3,5,8-11H2,1-2H3;1H/t13-;/m1./s1. The molecule has 1 aromatic rings. The minimum absolute atomic E-state index is 0. The number of piperazine rings is 1. The van der Waals surface area contributed by atoms with Crippen LogP contribution < -0.4 is 10.1 Å². The number of nitrogens with zero attached hydrogens (tertiary/aromatic N) is 1. The van der Waals surface area contributed by atoms with Gasteiger partial charge in [0, 0.05) is 37.8 Å². The predicted octanol–water partition coefficient (Wildman–Crippen LogP) is 3.00. The molecule has 0 spiro atoms. The van der Waals surface area contributed by atoms with Gasteiger partial charge < -0.3 is 10.1 Å². The number of rotatable bonds is 5. The van der Waals surface area contributed by atoms with Crippen molar-refractivity contribution < 1.29 is 9.13 Å². The molecule has 2 rings (SSSR count). The Bertz CT molecular complexity index is 411. The summed E-state index contributed by atoms with van der Waals surface area (Å²) >= 11 is 0. The average Bonchev–Trinajstić information content (AvgIpc) is 2.46. The molecule has 1 atom stereocenters. The van der Waals surface area contributed by atoms with Crippen molar-refractivity contribution in [3.05, 3.63) is 29.6 Å². The molecule has 1 saturated heterocycles. The van der Waals surface area contributed by atoms with Crippen LogP contribution in [0.15, 0.2) is 18.2 Å². The lowest BCUT2D eigenvalue weighted by Crippen LogP contribution is -2.45. The summed E-state index contributed by atoms with van der Waals surface area (Å²) in [7, 11) is 1.61. The minimum atomic E-state index is -0.156. The van der Waals surface area contributed by atoms with Gasteiger partial charge in [0.1, 0.15) is 11.6 Å². The number of hydrogen-bond acceptors (Lipinski definition) is 3. The Labute approximate surface area is 126 Å². The van der Waals surface area contributed by atoms with Crippen molar-refractivity contribution in [3.8, 4) is 5.75 Å². The monoisotopic (exact) mass is 302 g/mol. The van der Waals surface area contributed by atoms with Crippen LogP contribution >= 0.6 is 12.4 Å². The quantitative estimate of drug-likeness (QED) is 0.905. The van der Waals surface area contributed by atoms with E-state index >= 15 is 0 Å². The molecule has 1 aliphatic rings. The third-order valence-corrected chi connectivity index (χ3v) is 3.72. The molecule has 1 aromatic carbocycles. The number of halogens is 2. The summed E-state index contributed by atoms with van der Waals surface area (Å²) < 4.78 is 19.6. The molecule has 0 radical (unpaired) electrons. The summed E-state index contributed by atoms with van der Waals surface area (Å²) in [5.41, 5.74) is 0.716. The Balaban J connectivity index is 0.00000200. The highest BCUT2D eigenvalue weighted by molar-refractivity contribution is 5.85. The van der Waals surface area contributed by atoms with Crippen LogP contribution in [0.1, 0.15) is 31.4 Å². The van der Waals surface area contributed by atoms with E-state index in [1.165, 1.54) is 6.07 Å². The van der Waals surface area contributed by atoms with E-state index in [2.05, 4.69) is 17.1 Å². The van der Waals surface area contributed by atoms with Gasteiger partial charge in [0.2, 0.25) is 0 Å². The van der Waals surface area contributed by atoms with E-state index in [0.717, 1.165) is 39.0 Å². The maximum Gasteiger partial charge on any atom is 0.131 e. The summed E-state index contributed by atoms with van der Waals surface area (Å²) in [6.45, 7) is 6.00. The Morgan fingerprint density at radius 2 is 2.05 bits per heavy atom. The Morgan fingerprint density at radius 1 is 1.35 bits per heavy atom. The summed E-state index contributed by atoms with van der Waals surface area (Å²) in [6, 6.07) is 5.20. The van der Waals surface area contributed by atoms with Crippen molar-refractivity contribution >= 4 is 12.4 Å². The number of methoxy groups -OCH3 is 1. The van der Waals surface area contributed by atoms with E-state index in [1.54, 1.807) is 13.2 Å². The molecule has 0 unspecified atom stereocenters. The van der Waals surface area contributed by atoms with Crippen LogP contribution in [0.5, 0.6) is 5.75 Å². The van der Waals surface area contributed by atoms with Gasteiger partial charge in [0.15, 0.2) is 0 Å². The van der Waals surface area contributed by atoms with Crippen LogP contribution in [0, 0.1) is 5.82 Å². The first kappa shape index (κ1) is 17.2. The fourth-order valence-corrected chi connectivity index (χ4v) is 2.80. The molecular weight excluding hydrogens is 279 g/mol. The highest BCUT2D eigenvalue weighted by atomic mass is 35.5. The van der Waals surface area contributed by atoms with Crippen molar-refractivity contribution in [2.45, 2.75) is 25.8 Å². The van der Waals surface area contributed by atoms with Gasteiger partial charge in [-0.25, -0.2) is 4.39 Å². The van der Waals surface area contributed by atoms with Crippen LogP contribution in [0.4, 0.5) is 4.39 Å². The summed E-state index contributed by atoms with van der Waals surface area (Å²) in [5, 5.41) is 3.34. The van der Waals surface area contributed by atoms with E-state index in [-0.39, 0.29) is 24.3 Å². The third kappa shape index (κ3) is 3.84. The second kappa shape index (κ2) is 8.45. The van der Waals surface area contributed by atoms with Crippen molar-refractivity contribution in [2.75, 3.05) is 33.3 Å². The molecule has 3 nitrogen and oxygen atoms in total. The summed E-state index contributed by atoms with van der Waals surface area (Å²) in [4.78, 5) is 2.36.